The Bertz CT molecular complexity index is 802. The van der Waals surface area contributed by atoms with Crippen LogP contribution in [-0.2, 0) is 13.5 Å². The predicted molar refractivity (Wildman–Crippen MR) is 98.7 cm³/mol. The lowest BCUT2D eigenvalue weighted by molar-refractivity contribution is 0.0748. The second-order valence-electron chi connectivity index (χ2n) is 7.91. The minimum Gasteiger partial charge on any atom is -0.352 e. The van der Waals surface area contributed by atoms with Crippen molar-refractivity contribution in [1.29, 1.82) is 0 Å². The van der Waals surface area contributed by atoms with E-state index in [2.05, 4.69) is 10.4 Å². The van der Waals surface area contributed by atoms with Crippen LogP contribution in [0.15, 0.2) is 36.5 Å². The zero-order valence-corrected chi connectivity index (χ0v) is 15.5. The van der Waals surface area contributed by atoms with Gasteiger partial charge < -0.3 is 5.32 Å². The van der Waals surface area contributed by atoms with Crippen molar-refractivity contribution in [3.63, 3.8) is 0 Å². The van der Waals surface area contributed by atoms with Gasteiger partial charge in [-0.15, -0.1) is 0 Å². The number of aromatic nitrogens is 2. The minimum atomic E-state index is -2.43. The largest absolute Gasteiger partial charge is 0.352 e. The van der Waals surface area contributed by atoms with Gasteiger partial charge in [0.1, 0.15) is 0 Å². The molecule has 2 aliphatic rings. The van der Waals surface area contributed by atoms with Gasteiger partial charge in [-0.3, -0.25) is 9.48 Å². The summed E-state index contributed by atoms with van der Waals surface area (Å²) in [4.78, 5) is 12.7. The Morgan fingerprint density at radius 2 is 1.85 bits per heavy atom. The van der Waals surface area contributed by atoms with Gasteiger partial charge in [-0.05, 0) is 37.2 Å². The van der Waals surface area contributed by atoms with Crippen molar-refractivity contribution in [2.75, 3.05) is 6.54 Å². The maximum atomic E-state index is 13.5. The zero-order chi connectivity index (χ0) is 19.0. The van der Waals surface area contributed by atoms with Gasteiger partial charge in [0, 0.05) is 31.8 Å². The number of amides is 1. The molecule has 1 heterocycles. The highest BCUT2D eigenvalue weighted by atomic mass is 19.3. The van der Waals surface area contributed by atoms with Crippen molar-refractivity contribution in [3.05, 3.63) is 53.3 Å². The van der Waals surface area contributed by atoms with Crippen molar-refractivity contribution >= 4 is 5.91 Å². The van der Waals surface area contributed by atoms with E-state index in [1.54, 1.807) is 10.9 Å². The number of aryl methyl sites for hydroxylation is 1. The fourth-order valence-corrected chi connectivity index (χ4v) is 4.41. The Labute approximate surface area is 158 Å². The average Bonchev–Trinajstić information content (AvgIpc) is 3.12. The third-order valence-corrected chi connectivity index (χ3v) is 6.21. The van der Waals surface area contributed by atoms with Crippen LogP contribution >= 0.6 is 0 Å². The summed E-state index contributed by atoms with van der Waals surface area (Å²) < 4.78 is 28.7. The summed E-state index contributed by atoms with van der Waals surface area (Å²) in [5.74, 6) is -3.13. The molecule has 0 radical (unpaired) electrons. The monoisotopic (exact) mass is 373 g/mol. The van der Waals surface area contributed by atoms with Gasteiger partial charge in [0.05, 0.1) is 17.5 Å². The van der Waals surface area contributed by atoms with E-state index >= 15 is 0 Å². The van der Waals surface area contributed by atoms with Crippen LogP contribution < -0.4 is 5.32 Å². The number of hydrogen-bond donors (Lipinski definition) is 1. The molecule has 1 aromatic carbocycles. The molecular formula is C21H25F2N3O. The fraction of sp³-hybridized carbons (Fsp3) is 0.524. The molecule has 2 aliphatic carbocycles. The maximum absolute atomic E-state index is 13.5. The molecule has 0 saturated heterocycles. The van der Waals surface area contributed by atoms with Crippen LogP contribution in [0.1, 0.15) is 47.3 Å². The first kappa shape index (κ1) is 18.1. The van der Waals surface area contributed by atoms with E-state index in [1.807, 2.05) is 37.4 Å². The molecular weight excluding hydrogens is 348 g/mol. The summed E-state index contributed by atoms with van der Waals surface area (Å²) in [5, 5.41) is 7.25. The molecule has 144 valence electrons. The molecule has 0 bridgehead atoms. The Morgan fingerprint density at radius 1 is 1.19 bits per heavy atom. The van der Waals surface area contributed by atoms with Crippen LogP contribution in [0.25, 0.3) is 0 Å². The summed E-state index contributed by atoms with van der Waals surface area (Å²) in [5.41, 5.74) is 2.59. The van der Waals surface area contributed by atoms with Gasteiger partial charge in [-0.2, -0.15) is 5.10 Å². The molecule has 2 unspecified atom stereocenters. The maximum Gasteiger partial charge on any atom is 0.254 e. The van der Waals surface area contributed by atoms with E-state index in [9.17, 15) is 13.6 Å². The van der Waals surface area contributed by atoms with Crippen LogP contribution in [0.4, 0.5) is 8.78 Å². The standard InChI is InChI=1S/C21H25F2N3O/c1-26-19(11-14-5-3-2-4-6-14)16(13-25-26)20(27)24-12-15-7-9-17-18(10-8-15)21(17,22)23/h2-6,13,15,17-18H,7-12H2,1H3,(H,24,27). The molecule has 1 N–H and O–H groups in total. The zero-order valence-electron chi connectivity index (χ0n) is 15.5. The van der Waals surface area contributed by atoms with E-state index in [0.29, 0.717) is 31.4 Å². The summed E-state index contributed by atoms with van der Waals surface area (Å²) in [7, 11) is 1.84. The number of benzene rings is 1. The molecule has 0 aliphatic heterocycles. The smallest absolute Gasteiger partial charge is 0.254 e. The van der Waals surface area contributed by atoms with Gasteiger partial charge in [0.2, 0.25) is 0 Å². The topological polar surface area (TPSA) is 46.9 Å². The van der Waals surface area contributed by atoms with Crippen molar-refractivity contribution < 1.29 is 13.6 Å². The Balaban J connectivity index is 1.35. The van der Waals surface area contributed by atoms with Gasteiger partial charge >= 0.3 is 0 Å². The number of nitrogens with zero attached hydrogens (tertiary/aromatic N) is 2. The minimum absolute atomic E-state index is 0.131. The normalized spacial score (nSPS) is 26.1. The quantitative estimate of drug-likeness (QED) is 0.866. The molecule has 2 saturated carbocycles. The molecule has 2 aromatic rings. The SMILES string of the molecule is Cn1ncc(C(=O)NCC2CCC3C(CC2)C3(F)F)c1Cc1ccccc1. The summed E-state index contributed by atoms with van der Waals surface area (Å²) in [6.07, 6.45) is 4.93. The predicted octanol–water partition coefficient (Wildman–Crippen LogP) is 3.81. The lowest BCUT2D eigenvalue weighted by atomic mass is 9.98. The molecule has 2 atom stereocenters. The van der Waals surface area contributed by atoms with E-state index in [4.69, 9.17) is 0 Å². The highest BCUT2D eigenvalue weighted by molar-refractivity contribution is 5.95. The van der Waals surface area contributed by atoms with E-state index in [0.717, 1.165) is 24.1 Å². The summed E-state index contributed by atoms with van der Waals surface area (Å²) in [6.45, 7) is 0.545. The Kier molecular flexibility index (Phi) is 4.74. The van der Waals surface area contributed by atoms with E-state index in [1.165, 1.54) is 0 Å². The number of fused-ring (bicyclic) bond motifs is 1. The van der Waals surface area contributed by atoms with Crippen molar-refractivity contribution in [2.24, 2.45) is 24.8 Å². The number of alkyl halides is 2. The third kappa shape index (κ3) is 3.62. The molecule has 1 amide bonds. The lowest BCUT2D eigenvalue weighted by Crippen LogP contribution is -2.30. The van der Waals surface area contributed by atoms with Crippen molar-refractivity contribution in [2.45, 2.75) is 38.0 Å². The van der Waals surface area contributed by atoms with Crippen LogP contribution in [0, 0.1) is 17.8 Å². The number of rotatable bonds is 5. The first-order valence-corrected chi connectivity index (χ1v) is 9.67. The molecule has 27 heavy (non-hydrogen) atoms. The highest BCUT2D eigenvalue weighted by Crippen LogP contribution is 2.61. The molecule has 6 heteroatoms. The van der Waals surface area contributed by atoms with Crippen LogP contribution in [0.5, 0.6) is 0 Å². The van der Waals surface area contributed by atoms with Crippen molar-refractivity contribution in [1.82, 2.24) is 15.1 Å². The lowest BCUT2D eigenvalue weighted by Gasteiger charge is -2.16. The third-order valence-electron chi connectivity index (χ3n) is 6.21. The second kappa shape index (κ2) is 7.06. The number of nitrogens with one attached hydrogen (secondary N) is 1. The fourth-order valence-electron chi connectivity index (χ4n) is 4.41. The molecule has 0 spiro atoms. The van der Waals surface area contributed by atoms with Crippen molar-refractivity contribution in [3.8, 4) is 0 Å². The van der Waals surface area contributed by atoms with Crippen LogP contribution in [0.3, 0.4) is 0 Å². The Morgan fingerprint density at radius 3 is 2.52 bits per heavy atom. The number of carbonyl (C=O) groups is 1. The number of carbonyl (C=O) groups excluding carboxylic acids is 1. The number of hydrogen-bond acceptors (Lipinski definition) is 2. The van der Waals surface area contributed by atoms with Gasteiger partial charge in [0.25, 0.3) is 11.8 Å². The van der Waals surface area contributed by atoms with Crippen LogP contribution in [0.2, 0.25) is 0 Å². The van der Waals surface area contributed by atoms with Gasteiger partial charge in [-0.25, -0.2) is 8.78 Å². The molecule has 4 nitrogen and oxygen atoms in total. The first-order chi connectivity index (χ1) is 13.0. The summed E-state index contributed by atoms with van der Waals surface area (Å²) in [6, 6.07) is 9.98. The van der Waals surface area contributed by atoms with E-state index in [-0.39, 0.29) is 11.8 Å². The number of halogens is 2. The molecule has 4 rings (SSSR count). The second-order valence-corrected chi connectivity index (χ2v) is 7.91. The first-order valence-electron chi connectivity index (χ1n) is 9.67. The van der Waals surface area contributed by atoms with Gasteiger partial charge in [-0.1, -0.05) is 30.3 Å². The van der Waals surface area contributed by atoms with Crippen LogP contribution in [-0.4, -0.2) is 28.2 Å². The summed E-state index contributed by atoms with van der Waals surface area (Å²) >= 11 is 0. The van der Waals surface area contributed by atoms with Gasteiger partial charge in [0.15, 0.2) is 0 Å². The van der Waals surface area contributed by atoms with E-state index < -0.39 is 17.8 Å². The Hall–Kier alpha value is -2.24. The average molecular weight is 373 g/mol. The highest BCUT2D eigenvalue weighted by Gasteiger charge is 2.67. The molecule has 1 aromatic heterocycles. The molecule has 2 fully saturated rings.